The van der Waals surface area contributed by atoms with Gasteiger partial charge in [0.25, 0.3) is 5.91 Å². The summed E-state index contributed by atoms with van der Waals surface area (Å²) in [6.07, 6.45) is 3.11. The molecule has 0 radical (unpaired) electrons. The summed E-state index contributed by atoms with van der Waals surface area (Å²) in [4.78, 5) is 22.4. The van der Waals surface area contributed by atoms with Crippen LogP contribution in [0.4, 0.5) is 11.5 Å². The molecule has 0 aliphatic heterocycles. The molecule has 0 atom stereocenters. The fraction of sp³-hybridized carbons (Fsp3) is 0.353. The molecule has 0 spiro atoms. The number of amides is 1. The molecule has 22 heavy (non-hydrogen) atoms. The number of aromatic nitrogens is 2. The second-order valence-electron chi connectivity index (χ2n) is 5.27. The van der Waals surface area contributed by atoms with Crippen molar-refractivity contribution in [3.05, 3.63) is 47.4 Å². The highest BCUT2D eigenvalue weighted by Crippen LogP contribution is 2.17. The first-order valence-corrected chi connectivity index (χ1v) is 7.50. The SMILES string of the molecule is CCN(CC)C(=O)c1cnc(Nc2cc(C)cc(C)c2)cn1. The van der Waals surface area contributed by atoms with Crippen LogP contribution in [0.1, 0.15) is 35.5 Å². The zero-order valence-corrected chi connectivity index (χ0v) is 13.6. The highest BCUT2D eigenvalue weighted by Gasteiger charge is 2.14. The van der Waals surface area contributed by atoms with E-state index in [1.165, 1.54) is 17.3 Å². The molecule has 1 amide bonds. The van der Waals surface area contributed by atoms with Crippen LogP contribution in [-0.4, -0.2) is 33.9 Å². The molecular weight excluding hydrogens is 276 g/mol. The molecule has 2 rings (SSSR count). The van der Waals surface area contributed by atoms with E-state index in [1.807, 2.05) is 26.0 Å². The fourth-order valence-electron chi connectivity index (χ4n) is 2.37. The Morgan fingerprint density at radius 1 is 1.05 bits per heavy atom. The lowest BCUT2D eigenvalue weighted by Crippen LogP contribution is -2.31. The third kappa shape index (κ3) is 3.81. The van der Waals surface area contributed by atoms with Gasteiger partial charge in [0, 0.05) is 18.8 Å². The van der Waals surface area contributed by atoms with Crippen LogP contribution in [0.3, 0.4) is 0 Å². The fourth-order valence-corrected chi connectivity index (χ4v) is 2.37. The molecule has 1 N–H and O–H groups in total. The summed E-state index contributed by atoms with van der Waals surface area (Å²) >= 11 is 0. The van der Waals surface area contributed by atoms with Crippen LogP contribution in [0.25, 0.3) is 0 Å². The Morgan fingerprint density at radius 3 is 2.18 bits per heavy atom. The minimum absolute atomic E-state index is 0.0875. The molecule has 116 valence electrons. The maximum atomic E-state index is 12.2. The third-order valence-electron chi connectivity index (χ3n) is 3.42. The Labute approximate surface area is 131 Å². The molecule has 1 heterocycles. The van der Waals surface area contributed by atoms with Gasteiger partial charge < -0.3 is 10.2 Å². The average molecular weight is 298 g/mol. The first-order chi connectivity index (χ1) is 10.5. The van der Waals surface area contributed by atoms with Crippen LogP contribution in [0, 0.1) is 13.8 Å². The van der Waals surface area contributed by atoms with Crippen LogP contribution < -0.4 is 5.32 Å². The minimum atomic E-state index is -0.0875. The Morgan fingerprint density at radius 2 is 1.68 bits per heavy atom. The number of aryl methyl sites for hydroxylation is 2. The Hall–Kier alpha value is -2.43. The maximum absolute atomic E-state index is 12.2. The molecule has 0 aliphatic carbocycles. The summed E-state index contributed by atoms with van der Waals surface area (Å²) in [6, 6.07) is 6.20. The minimum Gasteiger partial charge on any atom is -0.339 e. The first-order valence-electron chi connectivity index (χ1n) is 7.50. The number of carbonyl (C=O) groups is 1. The second kappa shape index (κ2) is 7.02. The molecule has 0 aliphatic rings. The number of carbonyl (C=O) groups excluding carboxylic acids is 1. The molecule has 0 saturated heterocycles. The molecule has 1 aromatic heterocycles. The number of nitrogens with one attached hydrogen (secondary N) is 1. The average Bonchev–Trinajstić information content (AvgIpc) is 2.48. The summed E-state index contributed by atoms with van der Waals surface area (Å²) in [7, 11) is 0. The van der Waals surface area contributed by atoms with Gasteiger partial charge in [0.1, 0.15) is 11.5 Å². The van der Waals surface area contributed by atoms with Gasteiger partial charge in [0.15, 0.2) is 0 Å². The van der Waals surface area contributed by atoms with Gasteiger partial charge in [-0.25, -0.2) is 9.97 Å². The number of nitrogens with zero attached hydrogens (tertiary/aromatic N) is 3. The van der Waals surface area contributed by atoms with Gasteiger partial charge in [-0.3, -0.25) is 4.79 Å². The Bertz CT molecular complexity index is 628. The lowest BCUT2D eigenvalue weighted by atomic mass is 10.1. The smallest absolute Gasteiger partial charge is 0.274 e. The van der Waals surface area contributed by atoms with Gasteiger partial charge in [0.2, 0.25) is 0 Å². The summed E-state index contributed by atoms with van der Waals surface area (Å²) in [5, 5.41) is 3.21. The molecule has 0 unspecified atom stereocenters. The molecule has 1 aromatic carbocycles. The first kappa shape index (κ1) is 15.9. The van der Waals surface area contributed by atoms with E-state index in [4.69, 9.17) is 0 Å². The summed E-state index contributed by atoms with van der Waals surface area (Å²) < 4.78 is 0. The molecule has 5 nitrogen and oxygen atoms in total. The number of hydrogen-bond donors (Lipinski definition) is 1. The van der Waals surface area contributed by atoms with Gasteiger partial charge in [-0.15, -0.1) is 0 Å². The van der Waals surface area contributed by atoms with Crippen molar-refractivity contribution >= 4 is 17.4 Å². The van der Waals surface area contributed by atoms with E-state index in [9.17, 15) is 4.79 Å². The van der Waals surface area contributed by atoms with Crippen LogP contribution in [0.15, 0.2) is 30.6 Å². The molecule has 2 aromatic rings. The molecule has 0 saturated carbocycles. The number of rotatable bonds is 5. The van der Waals surface area contributed by atoms with Crippen LogP contribution in [0.5, 0.6) is 0 Å². The second-order valence-corrected chi connectivity index (χ2v) is 5.27. The standard InChI is InChI=1S/C17H22N4O/c1-5-21(6-2)17(22)15-10-19-16(11-18-15)20-14-8-12(3)7-13(4)9-14/h7-11H,5-6H2,1-4H3,(H,19,20). The highest BCUT2D eigenvalue weighted by molar-refractivity contribution is 5.92. The monoisotopic (exact) mass is 298 g/mol. The number of anilines is 2. The van der Waals surface area contributed by atoms with Gasteiger partial charge in [-0.2, -0.15) is 0 Å². The molecular formula is C17H22N4O. The third-order valence-corrected chi connectivity index (χ3v) is 3.42. The van der Waals surface area contributed by atoms with E-state index in [-0.39, 0.29) is 5.91 Å². The normalized spacial score (nSPS) is 10.4. The van der Waals surface area contributed by atoms with Crippen molar-refractivity contribution in [1.29, 1.82) is 0 Å². The maximum Gasteiger partial charge on any atom is 0.274 e. The van der Waals surface area contributed by atoms with E-state index in [0.29, 0.717) is 24.6 Å². The molecule has 0 fully saturated rings. The van der Waals surface area contributed by atoms with E-state index in [0.717, 1.165) is 5.69 Å². The van der Waals surface area contributed by atoms with Gasteiger partial charge in [-0.05, 0) is 51.0 Å². The Balaban J connectivity index is 2.13. The lowest BCUT2D eigenvalue weighted by molar-refractivity contribution is 0.0766. The zero-order chi connectivity index (χ0) is 16.1. The summed E-state index contributed by atoms with van der Waals surface area (Å²) in [6.45, 7) is 9.33. The molecule has 5 heteroatoms. The van der Waals surface area contributed by atoms with Crippen molar-refractivity contribution in [2.24, 2.45) is 0 Å². The van der Waals surface area contributed by atoms with Crippen LogP contribution in [-0.2, 0) is 0 Å². The van der Waals surface area contributed by atoms with Gasteiger partial charge in [0.05, 0.1) is 12.4 Å². The van der Waals surface area contributed by atoms with Gasteiger partial charge >= 0.3 is 0 Å². The quantitative estimate of drug-likeness (QED) is 0.920. The lowest BCUT2D eigenvalue weighted by Gasteiger charge is -2.17. The Kier molecular flexibility index (Phi) is 5.09. The van der Waals surface area contributed by atoms with E-state index < -0.39 is 0 Å². The van der Waals surface area contributed by atoms with Crippen LogP contribution >= 0.6 is 0 Å². The largest absolute Gasteiger partial charge is 0.339 e. The summed E-state index contributed by atoms with van der Waals surface area (Å²) in [5.74, 6) is 0.538. The number of benzene rings is 1. The van der Waals surface area contributed by atoms with Crippen molar-refractivity contribution in [3.63, 3.8) is 0 Å². The molecule has 0 bridgehead atoms. The van der Waals surface area contributed by atoms with Gasteiger partial charge in [-0.1, -0.05) is 6.07 Å². The zero-order valence-electron chi connectivity index (χ0n) is 13.6. The predicted octanol–water partition coefficient (Wildman–Crippen LogP) is 3.32. The van der Waals surface area contributed by atoms with Crippen molar-refractivity contribution in [1.82, 2.24) is 14.9 Å². The van der Waals surface area contributed by atoms with Crippen molar-refractivity contribution in [3.8, 4) is 0 Å². The van der Waals surface area contributed by atoms with Crippen LogP contribution in [0.2, 0.25) is 0 Å². The predicted molar refractivity (Wildman–Crippen MR) is 88.5 cm³/mol. The highest BCUT2D eigenvalue weighted by atomic mass is 16.2. The van der Waals surface area contributed by atoms with E-state index in [1.54, 1.807) is 11.1 Å². The van der Waals surface area contributed by atoms with E-state index >= 15 is 0 Å². The number of hydrogen-bond acceptors (Lipinski definition) is 4. The summed E-state index contributed by atoms with van der Waals surface area (Å²) in [5.41, 5.74) is 3.71. The van der Waals surface area contributed by atoms with Crippen molar-refractivity contribution in [2.45, 2.75) is 27.7 Å². The van der Waals surface area contributed by atoms with Crippen molar-refractivity contribution in [2.75, 3.05) is 18.4 Å². The topological polar surface area (TPSA) is 58.1 Å². The van der Waals surface area contributed by atoms with Crippen molar-refractivity contribution < 1.29 is 4.79 Å². The van der Waals surface area contributed by atoms with E-state index in [2.05, 4.69) is 35.2 Å².